The Bertz CT molecular complexity index is 540. The maximum absolute atomic E-state index is 5.96. The average molecular weight is 342 g/mol. The Morgan fingerprint density at radius 2 is 1.84 bits per heavy atom. The van der Waals surface area contributed by atoms with E-state index in [1.54, 1.807) is 7.11 Å². The lowest BCUT2D eigenvalue weighted by molar-refractivity contribution is 0.303. The van der Waals surface area contributed by atoms with E-state index in [0.717, 1.165) is 22.6 Å². The van der Waals surface area contributed by atoms with Gasteiger partial charge in [0, 0.05) is 15.9 Å². The molecule has 2 aromatic carbocycles. The molecule has 100 valence electrons. The topological polar surface area (TPSA) is 18.5 Å². The van der Waals surface area contributed by atoms with Gasteiger partial charge in [0.1, 0.15) is 18.1 Å². The molecular weight excluding hydrogens is 328 g/mol. The lowest BCUT2D eigenvalue weighted by Crippen LogP contribution is -1.98. The van der Waals surface area contributed by atoms with Crippen LogP contribution in [-0.2, 0) is 11.9 Å². The van der Waals surface area contributed by atoms with Crippen molar-refractivity contribution < 1.29 is 9.47 Å². The Hall–Kier alpha value is -1.19. The second-order valence-electron chi connectivity index (χ2n) is 4.02. The molecule has 0 spiro atoms. The second-order valence-corrected chi connectivity index (χ2v) is 5.02. The van der Waals surface area contributed by atoms with Crippen LogP contribution >= 0.6 is 27.5 Å². The summed E-state index contributed by atoms with van der Waals surface area (Å²) in [7, 11) is 1.65. The fraction of sp³-hybridized carbons (Fsp3) is 0.200. The van der Waals surface area contributed by atoms with Gasteiger partial charge < -0.3 is 9.47 Å². The monoisotopic (exact) mass is 340 g/mol. The Kier molecular flexibility index (Phi) is 5.11. The summed E-state index contributed by atoms with van der Waals surface area (Å²) in [4.78, 5) is 0. The van der Waals surface area contributed by atoms with E-state index in [2.05, 4.69) is 15.9 Å². The minimum atomic E-state index is 0.519. The van der Waals surface area contributed by atoms with Gasteiger partial charge in [-0.2, -0.15) is 0 Å². The van der Waals surface area contributed by atoms with E-state index < -0.39 is 0 Å². The Morgan fingerprint density at radius 3 is 2.47 bits per heavy atom. The van der Waals surface area contributed by atoms with Crippen LogP contribution in [0.5, 0.6) is 11.5 Å². The predicted octanol–water partition coefficient (Wildman–Crippen LogP) is 4.82. The zero-order chi connectivity index (χ0) is 13.7. The van der Waals surface area contributed by atoms with E-state index in [4.69, 9.17) is 21.1 Å². The highest BCUT2D eigenvalue weighted by Crippen LogP contribution is 2.26. The van der Waals surface area contributed by atoms with Crippen molar-refractivity contribution in [2.45, 2.75) is 11.9 Å². The van der Waals surface area contributed by atoms with Crippen molar-refractivity contribution in [1.29, 1.82) is 0 Å². The summed E-state index contributed by atoms with van der Waals surface area (Å²) in [6.45, 7) is 0.519. The van der Waals surface area contributed by atoms with Gasteiger partial charge >= 0.3 is 0 Å². The Labute approximate surface area is 126 Å². The zero-order valence-corrected chi connectivity index (χ0v) is 12.9. The van der Waals surface area contributed by atoms with Crippen molar-refractivity contribution in [3.63, 3.8) is 0 Å². The number of ether oxygens (including phenoxy) is 2. The number of halogens is 2. The molecule has 2 nitrogen and oxygen atoms in total. The van der Waals surface area contributed by atoms with Crippen molar-refractivity contribution in [2.75, 3.05) is 7.11 Å². The summed E-state index contributed by atoms with van der Waals surface area (Å²) < 4.78 is 10.9. The molecule has 4 heteroatoms. The summed E-state index contributed by atoms with van der Waals surface area (Å²) in [6, 6.07) is 13.4. The van der Waals surface area contributed by atoms with Gasteiger partial charge in [-0.1, -0.05) is 39.7 Å². The van der Waals surface area contributed by atoms with Crippen LogP contribution in [0.25, 0.3) is 0 Å². The highest BCUT2D eigenvalue weighted by molar-refractivity contribution is 9.08. The van der Waals surface area contributed by atoms with Crippen LogP contribution in [0.15, 0.2) is 42.5 Å². The highest BCUT2D eigenvalue weighted by Gasteiger charge is 2.04. The van der Waals surface area contributed by atoms with Crippen molar-refractivity contribution in [1.82, 2.24) is 0 Å². The molecule has 0 aliphatic heterocycles. The summed E-state index contributed by atoms with van der Waals surface area (Å²) in [5, 5.41) is 1.43. The van der Waals surface area contributed by atoms with Crippen LogP contribution in [0.1, 0.15) is 11.1 Å². The molecule has 0 aliphatic rings. The first-order chi connectivity index (χ1) is 9.22. The number of hydrogen-bond donors (Lipinski definition) is 0. The lowest BCUT2D eigenvalue weighted by atomic mass is 10.2. The Morgan fingerprint density at radius 1 is 1.11 bits per heavy atom. The van der Waals surface area contributed by atoms with Crippen molar-refractivity contribution >= 4 is 27.5 Å². The molecule has 0 radical (unpaired) electrons. The SMILES string of the molecule is COc1ccc(COc2ccc(Cl)cc2CBr)cc1. The Balaban J connectivity index is 2.05. The largest absolute Gasteiger partial charge is 0.497 e. The summed E-state index contributed by atoms with van der Waals surface area (Å²) in [6.07, 6.45) is 0. The average Bonchev–Trinajstić information content (AvgIpc) is 2.46. The van der Waals surface area contributed by atoms with Crippen molar-refractivity contribution in [3.8, 4) is 11.5 Å². The van der Waals surface area contributed by atoms with Gasteiger partial charge in [-0.25, -0.2) is 0 Å². The maximum Gasteiger partial charge on any atom is 0.123 e. The first-order valence-electron chi connectivity index (χ1n) is 5.83. The van der Waals surface area contributed by atoms with Crippen LogP contribution in [-0.4, -0.2) is 7.11 Å². The molecule has 0 saturated heterocycles. The minimum Gasteiger partial charge on any atom is -0.497 e. The number of methoxy groups -OCH3 is 1. The third-order valence-corrected chi connectivity index (χ3v) is 3.56. The molecule has 0 fully saturated rings. The molecule has 19 heavy (non-hydrogen) atoms. The minimum absolute atomic E-state index is 0.519. The molecule has 2 aromatic rings. The third-order valence-electron chi connectivity index (χ3n) is 2.72. The van der Waals surface area contributed by atoms with Gasteiger partial charge in [-0.3, -0.25) is 0 Å². The highest BCUT2D eigenvalue weighted by atomic mass is 79.9. The molecule has 0 aliphatic carbocycles. The molecule has 0 amide bonds. The van der Waals surface area contributed by atoms with E-state index in [1.165, 1.54) is 0 Å². The summed E-state index contributed by atoms with van der Waals surface area (Å²) >= 11 is 9.39. The fourth-order valence-corrected chi connectivity index (χ4v) is 2.31. The standard InChI is InChI=1S/C15H14BrClO2/c1-18-14-5-2-11(3-6-14)10-19-15-7-4-13(17)8-12(15)9-16/h2-8H,9-10H2,1H3. The number of hydrogen-bond acceptors (Lipinski definition) is 2. The van der Waals surface area contributed by atoms with Gasteiger partial charge in [-0.05, 0) is 35.9 Å². The third kappa shape index (κ3) is 3.88. The second kappa shape index (κ2) is 6.83. The maximum atomic E-state index is 5.96. The first-order valence-corrected chi connectivity index (χ1v) is 7.33. The lowest BCUT2D eigenvalue weighted by Gasteiger charge is -2.10. The van der Waals surface area contributed by atoms with E-state index in [9.17, 15) is 0 Å². The van der Waals surface area contributed by atoms with E-state index >= 15 is 0 Å². The predicted molar refractivity (Wildman–Crippen MR) is 81.4 cm³/mol. The number of alkyl halides is 1. The summed E-state index contributed by atoms with van der Waals surface area (Å²) in [5.41, 5.74) is 2.14. The molecule has 0 heterocycles. The van der Waals surface area contributed by atoms with Crippen LogP contribution in [0.3, 0.4) is 0 Å². The number of rotatable bonds is 5. The molecule has 0 saturated carbocycles. The van der Waals surface area contributed by atoms with Crippen LogP contribution in [0.2, 0.25) is 5.02 Å². The molecule has 0 atom stereocenters. The van der Waals surface area contributed by atoms with Crippen molar-refractivity contribution in [3.05, 3.63) is 58.6 Å². The zero-order valence-electron chi connectivity index (χ0n) is 10.5. The van der Waals surface area contributed by atoms with Gasteiger partial charge in [-0.15, -0.1) is 0 Å². The normalized spacial score (nSPS) is 10.3. The van der Waals surface area contributed by atoms with Crippen LogP contribution < -0.4 is 9.47 Å². The van der Waals surface area contributed by atoms with Crippen molar-refractivity contribution in [2.24, 2.45) is 0 Å². The van der Waals surface area contributed by atoms with Crippen LogP contribution in [0.4, 0.5) is 0 Å². The molecule has 0 aromatic heterocycles. The van der Waals surface area contributed by atoms with Gasteiger partial charge in [0.25, 0.3) is 0 Å². The van der Waals surface area contributed by atoms with Gasteiger partial charge in [0.05, 0.1) is 7.11 Å². The van der Waals surface area contributed by atoms with Gasteiger partial charge in [0.15, 0.2) is 0 Å². The molecular formula is C15H14BrClO2. The van der Waals surface area contributed by atoms with E-state index in [1.807, 2.05) is 42.5 Å². The quantitative estimate of drug-likeness (QED) is 0.726. The van der Waals surface area contributed by atoms with Gasteiger partial charge in [0.2, 0.25) is 0 Å². The molecule has 0 N–H and O–H groups in total. The smallest absolute Gasteiger partial charge is 0.123 e. The number of benzene rings is 2. The van der Waals surface area contributed by atoms with Crippen LogP contribution in [0, 0.1) is 0 Å². The molecule has 2 rings (SSSR count). The van der Waals surface area contributed by atoms with E-state index in [-0.39, 0.29) is 0 Å². The fourth-order valence-electron chi connectivity index (χ4n) is 1.68. The van der Waals surface area contributed by atoms with E-state index in [0.29, 0.717) is 17.0 Å². The molecule has 0 bridgehead atoms. The summed E-state index contributed by atoms with van der Waals surface area (Å²) in [5.74, 6) is 1.69. The molecule has 0 unspecified atom stereocenters. The first kappa shape index (κ1) is 14.2.